The summed E-state index contributed by atoms with van der Waals surface area (Å²) in [5.41, 5.74) is 0.663. The zero-order valence-corrected chi connectivity index (χ0v) is 21.2. The second-order valence-electron chi connectivity index (χ2n) is 10.1. The lowest BCUT2D eigenvalue weighted by molar-refractivity contribution is 0.0408. The summed E-state index contributed by atoms with van der Waals surface area (Å²) >= 11 is 6.53. The summed E-state index contributed by atoms with van der Waals surface area (Å²) in [4.78, 5) is 21.1. The maximum atomic E-state index is 13.6. The minimum Gasteiger partial charge on any atom is -0.488 e. The van der Waals surface area contributed by atoms with Crippen molar-refractivity contribution in [2.45, 2.75) is 59.1 Å². The smallest absolute Gasteiger partial charge is 0.408 e. The lowest BCUT2D eigenvalue weighted by Crippen LogP contribution is -2.52. The van der Waals surface area contributed by atoms with Crippen LogP contribution in [0.3, 0.4) is 0 Å². The summed E-state index contributed by atoms with van der Waals surface area (Å²) in [6.07, 6.45) is 3.34. The monoisotopic (exact) mass is 487 g/mol. The van der Waals surface area contributed by atoms with Gasteiger partial charge in [-0.25, -0.2) is 9.18 Å². The van der Waals surface area contributed by atoms with E-state index in [9.17, 15) is 9.18 Å². The Morgan fingerprint density at radius 3 is 2.53 bits per heavy atom. The Labute approximate surface area is 204 Å². The van der Waals surface area contributed by atoms with E-state index in [0.29, 0.717) is 34.3 Å². The van der Waals surface area contributed by atoms with Crippen LogP contribution in [0.15, 0.2) is 42.7 Å². The number of carbonyl (C=O) groups is 1. The van der Waals surface area contributed by atoms with Gasteiger partial charge in [-0.1, -0.05) is 25.4 Å². The number of rotatable bonds is 7. The molecule has 0 aliphatic carbocycles. The van der Waals surface area contributed by atoms with Crippen LogP contribution in [0.2, 0.25) is 5.02 Å². The number of nitrogens with one attached hydrogen (secondary N) is 1. The highest BCUT2D eigenvalue weighted by Crippen LogP contribution is 2.32. The van der Waals surface area contributed by atoms with Gasteiger partial charge in [-0.05, 0) is 64.3 Å². The maximum Gasteiger partial charge on any atom is 0.408 e. The Morgan fingerprint density at radius 1 is 1.15 bits per heavy atom. The molecule has 0 bridgehead atoms. The van der Waals surface area contributed by atoms with Gasteiger partial charge in [0, 0.05) is 23.2 Å². The lowest BCUT2D eigenvalue weighted by Gasteiger charge is -2.33. The SMILES string of the molecule is CC(C)CC(C)(COc1cnc(-c2ccnc3cc(F)ccc23)cc1Cl)NC(=O)OC(C)(C)C. The molecule has 1 atom stereocenters. The molecule has 3 aromatic rings. The van der Waals surface area contributed by atoms with Crippen LogP contribution in [0.4, 0.5) is 9.18 Å². The van der Waals surface area contributed by atoms with Crippen LogP contribution in [0.1, 0.15) is 48.0 Å². The Morgan fingerprint density at radius 2 is 1.88 bits per heavy atom. The molecule has 0 aliphatic heterocycles. The number of hydrogen-bond donors (Lipinski definition) is 1. The second kappa shape index (κ2) is 10.1. The molecule has 0 saturated heterocycles. The van der Waals surface area contributed by atoms with Crippen LogP contribution in [-0.4, -0.2) is 33.8 Å². The molecule has 0 saturated carbocycles. The molecule has 1 aromatic carbocycles. The van der Waals surface area contributed by atoms with E-state index in [-0.39, 0.29) is 12.4 Å². The zero-order valence-electron chi connectivity index (χ0n) is 20.4. The van der Waals surface area contributed by atoms with Gasteiger partial charge >= 0.3 is 6.09 Å². The Kier molecular flexibility index (Phi) is 7.66. The van der Waals surface area contributed by atoms with Crippen molar-refractivity contribution in [3.8, 4) is 17.0 Å². The first-order valence-electron chi connectivity index (χ1n) is 11.2. The first-order valence-corrected chi connectivity index (χ1v) is 11.6. The molecule has 0 fully saturated rings. The molecule has 0 aliphatic rings. The van der Waals surface area contributed by atoms with Crippen LogP contribution >= 0.6 is 11.6 Å². The number of aromatic nitrogens is 2. The number of hydrogen-bond acceptors (Lipinski definition) is 5. The summed E-state index contributed by atoms with van der Waals surface area (Å²) in [5.74, 6) is 0.358. The van der Waals surface area contributed by atoms with Gasteiger partial charge in [0.2, 0.25) is 0 Å². The third kappa shape index (κ3) is 6.79. The highest BCUT2D eigenvalue weighted by molar-refractivity contribution is 6.32. The molecule has 1 N–H and O–H groups in total. The second-order valence-corrected chi connectivity index (χ2v) is 10.5. The van der Waals surface area contributed by atoms with E-state index in [1.54, 1.807) is 24.5 Å². The predicted octanol–water partition coefficient (Wildman–Crippen LogP) is 6.80. The summed E-state index contributed by atoms with van der Waals surface area (Å²) in [5, 5.41) is 4.09. The van der Waals surface area contributed by atoms with Crippen molar-refractivity contribution in [1.82, 2.24) is 15.3 Å². The fourth-order valence-corrected chi connectivity index (χ4v) is 4.06. The predicted molar refractivity (Wildman–Crippen MR) is 133 cm³/mol. The molecule has 0 spiro atoms. The Hall–Kier alpha value is -2.93. The van der Waals surface area contributed by atoms with Crippen LogP contribution in [0.5, 0.6) is 5.75 Å². The average molecular weight is 488 g/mol. The Bertz CT molecular complexity index is 1180. The normalized spacial score (nSPS) is 13.6. The van der Waals surface area contributed by atoms with E-state index in [4.69, 9.17) is 21.1 Å². The molecular weight excluding hydrogens is 457 g/mol. The first-order chi connectivity index (χ1) is 15.8. The molecule has 8 heteroatoms. The standard InChI is InChI=1S/C26H31ClFN3O3/c1-16(2)13-26(6,31-24(32)34-25(3,4)5)15-33-23-14-30-22(12-20(23)27)19-9-10-29-21-11-17(28)7-8-18(19)21/h7-12,14,16H,13,15H2,1-6H3,(H,31,32). The number of fused-ring (bicyclic) bond motifs is 1. The van der Waals surface area contributed by atoms with Crippen LogP contribution in [-0.2, 0) is 4.74 Å². The fourth-order valence-electron chi connectivity index (χ4n) is 3.85. The minimum atomic E-state index is -0.677. The highest BCUT2D eigenvalue weighted by Gasteiger charge is 2.31. The molecule has 6 nitrogen and oxygen atoms in total. The van der Waals surface area contributed by atoms with E-state index in [1.807, 2.05) is 33.8 Å². The van der Waals surface area contributed by atoms with Gasteiger partial charge in [0.25, 0.3) is 0 Å². The van der Waals surface area contributed by atoms with Crippen molar-refractivity contribution in [2.24, 2.45) is 5.92 Å². The quantitative estimate of drug-likeness (QED) is 0.396. The number of pyridine rings is 2. The third-order valence-corrected chi connectivity index (χ3v) is 5.30. The summed E-state index contributed by atoms with van der Waals surface area (Å²) < 4.78 is 25.0. The first kappa shape index (κ1) is 25.7. The van der Waals surface area contributed by atoms with Gasteiger partial charge in [0.05, 0.1) is 28.0 Å². The molecule has 2 aromatic heterocycles. The van der Waals surface area contributed by atoms with Gasteiger partial charge in [-0.15, -0.1) is 0 Å². The van der Waals surface area contributed by atoms with E-state index >= 15 is 0 Å². The van der Waals surface area contributed by atoms with Gasteiger partial charge < -0.3 is 14.8 Å². The van der Waals surface area contributed by atoms with Gasteiger partial charge in [-0.3, -0.25) is 9.97 Å². The number of amides is 1. The molecule has 0 radical (unpaired) electrons. The van der Waals surface area contributed by atoms with Crippen molar-refractivity contribution >= 4 is 28.6 Å². The molecule has 3 rings (SSSR count). The van der Waals surface area contributed by atoms with Crippen molar-refractivity contribution in [3.63, 3.8) is 0 Å². The molecule has 34 heavy (non-hydrogen) atoms. The molecular formula is C26H31ClFN3O3. The van der Waals surface area contributed by atoms with E-state index < -0.39 is 17.2 Å². The summed E-state index contributed by atoms with van der Waals surface area (Å²) in [7, 11) is 0. The summed E-state index contributed by atoms with van der Waals surface area (Å²) in [6, 6.07) is 7.96. The largest absolute Gasteiger partial charge is 0.488 e. The van der Waals surface area contributed by atoms with Crippen molar-refractivity contribution in [1.29, 1.82) is 0 Å². The van der Waals surface area contributed by atoms with E-state index in [2.05, 4.69) is 29.1 Å². The van der Waals surface area contributed by atoms with Crippen LogP contribution in [0.25, 0.3) is 22.2 Å². The number of benzene rings is 1. The Balaban J connectivity index is 1.80. The number of nitrogens with zero attached hydrogens (tertiary/aromatic N) is 2. The summed E-state index contributed by atoms with van der Waals surface area (Å²) in [6.45, 7) is 11.7. The molecule has 2 heterocycles. The van der Waals surface area contributed by atoms with Crippen molar-refractivity contribution in [2.75, 3.05) is 6.61 Å². The number of alkyl carbamates (subject to hydrolysis) is 1. The maximum absolute atomic E-state index is 13.6. The van der Waals surface area contributed by atoms with Crippen molar-refractivity contribution < 1.29 is 18.7 Å². The molecule has 182 valence electrons. The van der Waals surface area contributed by atoms with Gasteiger partial charge in [-0.2, -0.15) is 0 Å². The average Bonchev–Trinajstić information content (AvgIpc) is 2.70. The number of halogens is 2. The topological polar surface area (TPSA) is 73.3 Å². The minimum absolute atomic E-state index is 0.183. The van der Waals surface area contributed by atoms with Crippen molar-refractivity contribution in [3.05, 3.63) is 53.6 Å². The zero-order chi connectivity index (χ0) is 25.1. The lowest BCUT2D eigenvalue weighted by atomic mass is 9.91. The molecule has 1 unspecified atom stereocenters. The third-order valence-electron chi connectivity index (χ3n) is 5.01. The number of carbonyl (C=O) groups excluding carboxylic acids is 1. The fraction of sp³-hybridized carbons (Fsp3) is 0.423. The van der Waals surface area contributed by atoms with Gasteiger partial charge in [0.15, 0.2) is 5.75 Å². The van der Waals surface area contributed by atoms with E-state index in [1.165, 1.54) is 12.1 Å². The number of ether oxygens (including phenoxy) is 2. The van der Waals surface area contributed by atoms with Crippen LogP contribution < -0.4 is 10.1 Å². The van der Waals surface area contributed by atoms with Gasteiger partial charge in [0.1, 0.15) is 18.0 Å². The van der Waals surface area contributed by atoms with Crippen LogP contribution in [0, 0.1) is 11.7 Å². The highest BCUT2D eigenvalue weighted by atomic mass is 35.5. The molecule has 1 amide bonds. The van der Waals surface area contributed by atoms with E-state index in [0.717, 1.165) is 10.9 Å².